The molecule has 0 aliphatic carbocycles. The molecule has 5 rings (SSSR count). The molecule has 0 saturated carbocycles. The van der Waals surface area contributed by atoms with Gasteiger partial charge in [0.2, 0.25) is 5.91 Å². The van der Waals surface area contributed by atoms with E-state index < -0.39 is 24.1 Å². The van der Waals surface area contributed by atoms with Crippen LogP contribution < -0.4 is 30.7 Å². The zero-order chi connectivity index (χ0) is 41.1. The van der Waals surface area contributed by atoms with Crippen LogP contribution in [0, 0.1) is 0 Å². The fourth-order valence-electron chi connectivity index (χ4n) is 6.66. The van der Waals surface area contributed by atoms with E-state index in [0.717, 1.165) is 51.9 Å². The van der Waals surface area contributed by atoms with Crippen LogP contribution in [0.15, 0.2) is 127 Å². The molecular formula is C48H56N4O6. The van der Waals surface area contributed by atoms with Gasteiger partial charge in [0.25, 0.3) is 0 Å². The average molecular weight is 785 g/mol. The summed E-state index contributed by atoms with van der Waals surface area (Å²) in [6, 6.07) is 39.2. The van der Waals surface area contributed by atoms with Crippen molar-refractivity contribution in [3.05, 3.63) is 155 Å². The summed E-state index contributed by atoms with van der Waals surface area (Å²) in [6.07, 6.45) is 1.90. The van der Waals surface area contributed by atoms with Gasteiger partial charge < -0.3 is 35.5 Å². The quantitative estimate of drug-likeness (QED) is 0.0429. The van der Waals surface area contributed by atoms with Gasteiger partial charge in [-0.2, -0.15) is 0 Å². The number of nitrogens with one attached hydrogen (secondary N) is 4. The summed E-state index contributed by atoms with van der Waals surface area (Å²) < 4.78 is 18.6. The van der Waals surface area contributed by atoms with E-state index in [4.69, 9.17) is 14.2 Å². The summed E-state index contributed by atoms with van der Waals surface area (Å²) in [5, 5.41) is 12.4. The van der Waals surface area contributed by atoms with E-state index in [2.05, 4.69) is 21.3 Å². The van der Waals surface area contributed by atoms with E-state index in [1.807, 2.05) is 134 Å². The molecule has 0 saturated heterocycles. The number of ether oxygens (including phenoxy) is 3. The van der Waals surface area contributed by atoms with Crippen LogP contribution in [0.4, 0.5) is 0 Å². The molecule has 0 aliphatic heterocycles. The minimum atomic E-state index is -1.01. The van der Waals surface area contributed by atoms with Crippen molar-refractivity contribution in [1.82, 2.24) is 21.3 Å². The second-order valence-electron chi connectivity index (χ2n) is 14.3. The van der Waals surface area contributed by atoms with Gasteiger partial charge >= 0.3 is 5.97 Å². The van der Waals surface area contributed by atoms with E-state index in [-0.39, 0.29) is 24.7 Å². The van der Waals surface area contributed by atoms with Crippen LogP contribution in [-0.4, -0.2) is 63.5 Å². The summed E-state index contributed by atoms with van der Waals surface area (Å²) in [5.74, 6) is 0.459. The van der Waals surface area contributed by atoms with Crippen LogP contribution >= 0.6 is 0 Å². The van der Waals surface area contributed by atoms with E-state index in [1.54, 1.807) is 21.0 Å². The molecule has 4 N–H and O–H groups in total. The van der Waals surface area contributed by atoms with Crippen LogP contribution in [0.5, 0.6) is 11.5 Å². The number of rotatable bonds is 23. The lowest BCUT2D eigenvalue weighted by atomic mass is 9.94. The Morgan fingerprint density at radius 3 is 1.48 bits per heavy atom. The number of carbonyl (C=O) groups is 3. The molecule has 0 aromatic heterocycles. The number of likely N-dealkylation sites (N-methyl/N-ethyl adjacent to an activating group) is 2. The number of hydrogen-bond donors (Lipinski definition) is 4. The van der Waals surface area contributed by atoms with Crippen LogP contribution in [-0.2, 0) is 51.8 Å². The van der Waals surface area contributed by atoms with Gasteiger partial charge in [0, 0.05) is 6.42 Å². The van der Waals surface area contributed by atoms with E-state index in [0.29, 0.717) is 37.6 Å². The third kappa shape index (κ3) is 13.1. The molecule has 3 atom stereocenters. The van der Waals surface area contributed by atoms with Gasteiger partial charge in [-0.3, -0.25) is 9.59 Å². The molecule has 10 nitrogen and oxygen atoms in total. The van der Waals surface area contributed by atoms with Crippen LogP contribution in [0.1, 0.15) is 47.6 Å². The Bertz CT molecular complexity index is 2040. The molecule has 58 heavy (non-hydrogen) atoms. The first-order valence-electron chi connectivity index (χ1n) is 19.9. The summed E-state index contributed by atoms with van der Waals surface area (Å²) in [6.45, 7) is 3.10. The molecule has 0 spiro atoms. The van der Waals surface area contributed by atoms with E-state index in [1.165, 1.54) is 0 Å². The molecule has 5 aromatic carbocycles. The first kappa shape index (κ1) is 43.3. The van der Waals surface area contributed by atoms with Crippen LogP contribution in [0.2, 0.25) is 0 Å². The van der Waals surface area contributed by atoms with Gasteiger partial charge in [-0.25, -0.2) is 4.79 Å². The molecule has 0 fully saturated rings. The Balaban J connectivity index is 1.50. The maximum absolute atomic E-state index is 14.0. The monoisotopic (exact) mass is 784 g/mol. The second-order valence-corrected chi connectivity index (χ2v) is 14.3. The predicted octanol–water partition coefficient (Wildman–Crippen LogP) is 6.59. The SMILES string of the molecule is CNCCC[C@H](NC)C(=O)N[C@@H](Cc1cc(-c2ccc(OCc3ccccc3)c(C[C@H](NC)C(C)=O)c2)ccc1OCc1ccccc1)C(=O)OCc1ccccc1. The summed E-state index contributed by atoms with van der Waals surface area (Å²) in [4.78, 5) is 40.2. The zero-order valence-corrected chi connectivity index (χ0v) is 34.0. The maximum Gasteiger partial charge on any atom is 0.329 e. The van der Waals surface area contributed by atoms with Gasteiger partial charge in [-0.05, 0) is 117 Å². The standard InChI is InChI=1S/C48H56N4O6/c1-34(53)43(51-4)29-40-27-38(22-24-45(40)56-31-35-15-8-5-9-16-35)39-23-25-46(57-32-36-17-10-6-11-18-36)41(28-39)30-44(48(55)58-33-37-19-12-7-13-20-37)52-47(54)42(50-3)21-14-26-49-2/h5-13,15-20,22-25,27-28,42-44,49-51H,14,21,26,29-33H2,1-4H3,(H,52,54)/t42-,43-,44-/m0/s1. The van der Waals surface area contributed by atoms with Crippen molar-refractivity contribution in [3.8, 4) is 22.6 Å². The number of ketones is 1. The molecule has 304 valence electrons. The van der Waals surface area contributed by atoms with Gasteiger partial charge in [0.15, 0.2) is 0 Å². The van der Waals surface area contributed by atoms with E-state index >= 15 is 0 Å². The van der Waals surface area contributed by atoms with E-state index in [9.17, 15) is 14.4 Å². The van der Waals surface area contributed by atoms with Gasteiger partial charge in [-0.1, -0.05) is 103 Å². The third-order valence-electron chi connectivity index (χ3n) is 10.0. The Morgan fingerprint density at radius 2 is 1.03 bits per heavy atom. The molecular weight excluding hydrogens is 729 g/mol. The molecule has 0 unspecified atom stereocenters. The molecule has 0 bridgehead atoms. The third-order valence-corrected chi connectivity index (χ3v) is 10.0. The lowest BCUT2D eigenvalue weighted by molar-refractivity contribution is -0.149. The molecule has 0 heterocycles. The van der Waals surface area contributed by atoms with Gasteiger partial charge in [0.05, 0.1) is 12.1 Å². The lowest BCUT2D eigenvalue weighted by Crippen LogP contribution is -2.50. The smallest absolute Gasteiger partial charge is 0.329 e. The number of benzene rings is 5. The highest BCUT2D eigenvalue weighted by molar-refractivity contribution is 5.88. The first-order chi connectivity index (χ1) is 28.3. The number of esters is 1. The summed E-state index contributed by atoms with van der Waals surface area (Å²) in [5.41, 5.74) is 6.21. The van der Waals surface area contributed by atoms with Crippen LogP contribution in [0.25, 0.3) is 11.1 Å². The van der Waals surface area contributed by atoms with Crippen molar-refractivity contribution in [2.75, 3.05) is 27.7 Å². The van der Waals surface area contributed by atoms with Crippen molar-refractivity contribution in [1.29, 1.82) is 0 Å². The van der Waals surface area contributed by atoms with Crippen molar-refractivity contribution in [2.45, 2.75) is 70.6 Å². The predicted molar refractivity (Wildman–Crippen MR) is 229 cm³/mol. The number of Topliss-reactive ketones (excluding diaryl/α,β-unsaturated/α-hetero) is 1. The number of hydrogen-bond acceptors (Lipinski definition) is 9. The number of carbonyl (C=O) groups excluding carboxylic acids is 3. The van der Waals surface area contributed by atoms with Crippen molar-refractivity contribution in [2.24, 2.45) is 0 Å². The minimum Gasteiger partial charge on any atom is -0.489 e. The highest BCUT2D eigenvalue weighted by atomic mass is 16.5. The normalized spacial score (nSPS) is 12.6. The van der Waals surface area contributed by atoms with Crippen molar-refractivity contribution in [3.63, 3.8) is 0 Å². The fraction of sp³-hybridized carbons (Fsp3) is 0.312. The Hall–Kier alpha value is -5.81. The maximum atomic E-state index is 14.0. The molecule has 1 amide bonds. The summed E-state index contributed by atoms with van der Waals surface area (Å²) in [7, 11) is 5.40. The Morgan fingerprint density at radius 1 is 0.569 bits per heavy atom. The zero-order valence-electron chi connectivity index (χ0n) is 34.0. The molecule has 0 aliphatic rings. The Labute approximate surface area is 342 Å². The fourth-order valence-corrected chi connectivity index (χ4v) is 6.66. The van der Waals surface area contributed by atoms with Gasteiger partial charge in [-0.15, -0.1) is 0 Å². The summed E-state index contributed by atoms with van der Waals surface area (Å²) >= 11 is 0. The van der Waals surface area contributed by atoms with Crippen LogP contribution in [0.3, 0.4) is 0 Å². The highest BCUT2D eigenvalue weighted by Gasteiger charge is 2.28. The number of amides is 1. The Kier molecular flexibility index (Phi) is 17.0. The lowest BCUT2D eigenvalue weighted by Gasteiger charge is -2.23. The van der Waals surface area contributed by atoms with Gasteiger partial charge in [0.1, 0.15) is 43.1 Å². The van der Waals surface area contributed by atoms with Crippen molar-refractivity contribution < 1.29 is 28.6 Å². The van der Waals surface area contributed by atoms with Crippen molar-refractivity contribution >= 4 is 17.7 Å². The molecule has 5 aromatic rings. The first-order valence-corrected chi connectivity index (χ1v) is 19.9. The minimum absolute atomic E-state index is 0.0268. The molecule has 0 radical (unpaired) electrons. The highest BCUT2D eigenvalue weighted by Crippen LogP contribution is 2.33. The largest absolute Gasteiger partial charge is 0.489 e. The molecule has 10 heteroatoms. The average Bonchev–Trinajstić information content (AvgIpc) is 3.25. The topological polar surface area (TPSA) is 127 Å². The second kappa shape index (κ2) is 22.8.